The first-order valence-corrected chi connectivity index (χ1v) is 13.6. The Morgan fingerprint density at radius 2 is 1.17 bits per heavy atom. The quantitative estimate of drug-likeness (QED) is 0.172. The van der Waals surface area contributed by atoms with Crippen LogP contribution in [0.2, 0.25) is 0 Å². The molecule has 7 rings (SSSR count). The van der Waals surface area contributed by atoms with E-state index in [0.717, 1.165) is 22.5 Å². The van der Waals surface area contributed by atoms with Crippen molar-refractivity contribution >= 4 is 0 Å². The van der Waals surface area contributed by atoms with Gasteiger partial charge in [-0.05, 0) is 51.3 Å². The van der Waals surface area contributed by atoms with Crippen LogP contribution in [-0.2, 0) is 25.5 Å². The second kappa shape index (κ2) is 12.1. The SMILES string of the molecule is CC1(C)c2ccccc2-c2cccc(-c3cc[c-]c(-c4ccccn4)c3)c21.Cc1cc[c-]c(-c2ccccn2)c1.[Ir]. The zero-order valence-electron chi connectivity index (χ0n) is 23.4. The topological polar surface area (TPSA) is 25.8 Å². The molecule has 0 spiro atoms. The molecule has 6 aromatic rings. The average Bonchev–Trinajstić information content (AvgIpc) is 3.25. The van der Waals surface area contributed by atoms with Gasteiger partial charge >= 0.3 is 0 Å². The number of fused-ring (bicyclic) bond motifs is 3. The van der Waals surface area contributed by atoms with Gasteiger partial charge in [-0.25, -0.2) is 0 Å². The molecule has 0 N–H and O–H groups in total. The van der Waals surface area contributed by atoms with Crippen LogP contribution >= 0.6 is 0 Å². The molecule has 2 heterocycles. The summed E-state index contributed by atoms with van der Waals surface area (Å²) < 4.78 is 0. The molecule has 203 valence electrons. The van der Waals surface area contributed by atoms with Gasteiger partial charge in [0, 0.05) is 37.9 Å². The number of nitrogens with zero attached hydrogens (tertiary/aromatic N) is 2. The maximum atomic E-state index is 4.49. The Kier molecular flexibility index (Phi) is 8.40. The van der Waals surface area contributed by atoms with E-state index in [1.807, 2.05) is 60.8 Å². The van der Waals surface area contributed by atoms with Crippen molar-refractivity contribution in [3.63, 3.8) is 0 Å². The third kappa shape index (κ3) is 5.70. The molecular formula is C38H30IrN2-2. The molecule has 0 aliphatic heterocycles. The Balaban J connectivity index is 0.000000204. The van der Waals surface area contributed by atoms with Crippen LogP contribution in [0.15, 0.2) is 128 Å². The largest absolute Gasteiger partial charge is 0.305 e. The van der Waals surface area contributed by atoms with Gasteiger partial charge in [-0.1, -0.05) is 87.5 Å². The van der Waals surface area contributed by atoms with Crippen molar-refractivity contribution in [2.75, 3.05) is 0 Å². The fourth-order valence-electron chi connectivity index (χ4n) is 5.64. The summed E-state index contributed by atoms with van der Waals surface area (Å²) in [5.41, 5.74) is 13.2. The van der Waals surface area contributed by atoms with Gasteiger partial charge < -0.3 is 9.97 Å². The molecule has 0 amide bonds. The maximum Gasteiger partial charge on any atom is 0.0164 e. The predicted molar refractivity (Wildman–Crippen MR) is 165 cm³/mol. The molecule has 0 atom stereocenters. The van der Waals surface area contributed by atoms with E-state index < -0.39 is 0 Å². The van der Waals surface area contributed by atoms with Crippen LogP contribution in [0.5, 0.6) is 0 Å². The van der Waals surface area contributed by atoms with E-state index in [1.54, 1.807) is 6.20 Å². The third-order valence-electron chi connectivity index (χ3n) is 7.53. The molecule has 1 aliphatic carbocycles. The summed E-state index contributed by atoms with van der Waals surface area (Å²) in [4.78, 5) is 8.74. The Bertz CT molecular complexity index is 1780. The monoisotopic (exact) mass is 707 g/mol. The zero-order valence-corrected chi connectivity index (χ0v) is 25.7. The van der Waals surface area contributed by atoms with Gasteiger partial charge in [-0.2, -0.15) is 0 Å². The van der Waals surface area contributed by atoms with Crippen molar-refractivity contribution < 1.29 is 20.1 Å². The van der Waals surface area contributed by atoms with Crippen LogP contribution in [0.25, 0.3) is 44.8 Å². The van der Waals surface area contributed by atoms with E-state index in [0.29, 0.717) is 0 Å². The van der Waals surface area contributed by atoms with Crippen LogP contribution in [0.1, 0.15) is 30.5 Å². The smallest absolute Gasteiger partial charge is 0.0164 e. The minimum atomic E-state index is -0.0206. The predicted octanol–water partition coefficient (Wildman–Crippen LogP) is 9.38. The van der Waals surface area contributed by atoms with Crippen LogP contribution < -0.4 is 0 Å². The van der Waals surface area contributed by atoms with E-state index >= 15 is 0 Å². The van der Waals surface area contributed by atoms with Gasteiger partial charge in [0.15, 0.2) is 0 Å². The Morgan fingerprint density at radius 3 is 1.83 bits per heavy atom. The van der Waals surface area contributed by atoms with Crippen LogP contribution in [0.4, 0.5) is 0 Å². The molecule has 1 radical (unpaired) electrons. The van der Waals surface area contributed by atoms with Gasteiger partial charge in [0.2, 0.25) is 0 Å². The molecule has 0 fully saturated rings. The molecule has 0 bridgehead atoms. The van der Waals surface area contributed by atoms with Crippen molar-refractivity contribution in [3.05, 3.63) is 156 Å². The van der Waals surface area contributed by atoms with Crippen molar-refractivity contribution in [3.8, 4) is 44.8 Å². The molecule has 1 aliphatic rings. The molecule has 41 heavy (non-hydrogen) atoms. The molecule has 2 nitrogen and oxygen atoms in total. The first-order valence-electron chi connectivity index (χ1n) is 13.6. The van der Waals surface area contributed by atoms with E-state index in [9.17, 15) is 0 Å². The van der Waals surface area contributed by atoms with Gasteiger partial charge in [0.1, 0.15) is 0 Å². The summed E-state index contributed by atoms with van der Waals surface area (Å²) >= 11 is 0. The second-order valence-electron chi connectivity index (χ2n) is 10.6. The third-order valence-corrected chi connectivity index (χ3v) is 7.53. The van der Waals surface area contributed by atoms with E-state index in [2.05, 4.69) is 104 Å². The molecule has 2 aromatic heterocycles. The number of benzene rings is 4. The number of rotatable bonds is 3. The Hall–Kier alpha value is -4.17. The van der Waals surface area contributed by atoms with E-state index in [4.69, 9.17) is 0 Å². The van der Waals surface area contributed by atoms with Gasteiger partial charge in [-0.15, -0.1) is 70.8 Å². The number of aryl methyl sites for hydroxylation is 1. The summed E-state index contributed by atoms with van der Waals surface area (Å²) in [6, 6.07) is 46.2. The first kappa shape index (κ1) is 28.4. The second-order valence-corrected chi connectivity index (χ2v) is 10.6. The van der Waals surface area contributed by atoms with Crippen LogP contribution in [0, 0.1) is 19.1 Å². The standard InChI is InChI=1S/C26H20N.C12H10N.Ir/c1-26(2)23-14-4-3-11-21(23)22-13-8-12-20(25(22)26)18-9-7-10-19(17-18)24-15-5-6-16-27-24;1-10-5-4-6-11(9-10)12-7-2-3-8-13-12;/h3-9,11-17H,1-2H3;2-5,7-9H,1H3;/q2*-1;. The van der Waals surface area contributed by atoms with E-state index in [1.165, 1.54) is 38.9 Å². The summed E-state index contributed by atoms with van der Waals surface area (Å²) in [6.45, 7) is 6.73. The maximum absolute atomic E-state index is 4.49. The average molecular weight is 707 g/mol. The number of aromatic nitrogens is 2. The van der Waals surface area contributed by atoms with Crippen LogP contribution in [-0.4, -0.2) is 9.97 Å². The van der Waals surface area contributed by atoms with Gasteiger partial charge in [0.25, 0.3) is 0 Å². The minimum Gasteiger partial charge on any atom is -0.305 e. The Labute approximate surface area is 256 Å². The zero-order chi connectivity index (χ0) is 27.5. The minimum absolute atomic E-state index is 0. The fourth-order valence-corrected chi connectivity index (χ4v) is 5.64. The van der Waals surface area contributed by atoms with Gasteiger partial charge in [0.05, 0.1) is 0 Å². The van der Waals surface area contributed by atoms with Crippen molar-refractivity contribution in [1.29, 1.82) is 0 Å². The Morgan fingerprint density at radius 1 is 0.585 bits per heavy atom. The van der Waals surface area contributed by atoms with Crippen LogP contribution in [0.3, 0.4) is 0 Å². The molecule has 3 heteroatoms. The summed E-state index contributed by atoms with van der Waals surface area (Å²) in [6.07, 6.45) is 3.63. The molecule has 0 unspecified atom stereocenters. The van der Waals surface area contributed by atoms with Crippen molar-refractivity contribution in [1.82, 2.24) is 9.97 Å². The van der Waals surface area contributed by atoms with Gasteiger partial charge in [-0.3, -0.25) is 0 Å². The fraction of sp³-hybridized carbons (Fsp3) is 0.105. The molecule has 4 aromatic carbocycles. The van der Waals surface area contributed by atoms with Crippen molar-refractivity contribution in [2.24, 2.45) is 0 Å². The molecular weight excluding hydrogens is 677 g/mol. The summed E-state index contributed by atoms with van der Waals surface area (Å²) in [5, 5.41) is 0. The molecule has 0 saturated heterocycles. The summed E-state index contributed by atoms with van der Waals surface area (Å²) in [5.74, 6) is 0. The van der Waals surface area contributed by atoms with E-state index in [-0.39, 0.29) is 25.5 Å². The first-order chi connectivity index (χ1) is 19.5. The number of hydrogen-bond donors (Lipinski definition) is 0. The van der Waals surface area contributed by atoms with Crippen molar-refractivity contribution in [2.45, 2.75) is 26.2 Å². The molecule has 0 saturated carbocycles. The number of hydrogen-bond acceptors (Lipinski definition) is 2. The summed E-state index contributed by atoms with van der Waals surface area (Å²) in [7, 11) is 0. The number of pyridine rings is 2. The normalized spacial score (nSPS) is 12.3.